The molecule has 0 amide bonds. The van der Waals surface area contributed by atoms with Crippen LogP contribution in [0, 0.1) is 6.92 Å². The summed E-state index contributed by atoms with van der Waals surface area (Å²) in [5, 5.41) is 3.54. The Bertz CT molecular complexity index is 115. The van der Waals surface area contributed by atoms with E-state index in [4.69, 9.17) is 0 Å². The molecule has 1 unspecified atom stereocenters. The Morgan fingerprint density at radius 3 is 2.92 bits per heavy atom. The van der Waals surface area contributed by atoms with E-state index in [2.05, 4.69) is 18.3 Å². The van der Waals surface area contributed by atoms with Crippen molar-refractivity contribution in [3.05, 3.63) is 19.1 Å². The molecule has 1 N–H and O–H groups in total. The van der Waals surface area contributed by atoms with Gasteiger partial charge >= 0.3 is 18.9 Å². The van der Waals surface area contributed by atoms with Gasteiger partial charge in [0.1, 0.15) is 0 Å². The molecule has 1 rings (SSSR count). The van der Waals surface area contributed by atoms with Crippen LogP contribution in [0.15, 0.2) is 12.2 Å². The molecular weight excluding hydrogens is 141 g/mol. The number of hydrogen-bond donors (Lipinski definition) is 1. The second-order valence-corrected chi connectivity index (χ2v) is 3.21. The summed E-state index contributed by atoms with van der Waals surface area (Å²) < 4.78 is 0. The van der Waals surface area contributed by atoms with Crippen LogP contribution in [0.4, 0.5) is 0 Å². The van der Waals surface area contributed by atoms with E-state index in [1.807, 2.05) is 6.08 Å². The number of nitrogens with one attached hydrogen (secondary N) is 1. The fraction of sp³-hybridized carbons (Fsp3) is 0.700. The molecule has 1 aliphatic heterocycles. The zero-order valence-corrected chi connectivity index (χ0v) is 8.18. The Balaban J connectivity index is 0.00000121. The van der Waals surface area contributed by atoms with Crippen LogP contribution in [0.1, 0.15) is 32.1 Å². The summed E-state index contributed by atoms with van der Waals surface area (Å²) in [6.45, 7) is 4.89. The van der Waals surface area contributed by atoms with E-state index in [0.29, 0.717) is 0 Å². The van der Waals surface area contributed by atoms with E-state index in [-0.39, 0.29) is 18.9 Å². The van der Waals surface area contributed by atoms with Gasteiger partial charge in [-0.3, -0.25) is 0 Å². The van der Waals surface area contributed by atoms with Gasteiger partial charge in [-0.15, -0.1) is 0 Å². The van der Waals surface area contributed by atoms with Crippen LogP contribution in [-0.4, -0.2) is 12.6 Å². The molecule has 0 aromatic carbocycles. The zero-order chi connectivity index (χ0) is 7.94. The second-order valence-electron chi connectivity index (χ2n) is 3.21. The van der Waals surface area contributed by atoms with E-state index in [1.165, 1.54) is 32.2 Å². The molecular formula is C10H18LiN. The van der Waals surface area contributed by atoms with E-state index in [1.54, 1.807) is 0 Å². The molecule has 0 aromatic heterocycles. The minimum Gasteiger partial charge on any atom is -0.315 e. The average Bonchev–Trinajstić information content (AvgIpc) is 2.28. The number of hydrogen-bond acceptors (Lipinski definition) is 1. The molecule has 1 saturated heterocycles. The van der Waals surface area contributed by atoms with Gasteiger partial charge in [-0.1, -0.05) is 19.3 Å². The number of rotatable bonds is 2. The maximum atomic E-state index is 3.69. The summed E-state index contributed by atoms with van der Waals surface area (Å²) in [6, 6.07) is 0.718. The van der Waals surface area contributed by atoms with Crippen LogP contribution in [0.2, 0.25) is 0 Å². The molecule has 1 aliphatic rings. The van der Waals surface area contributed by atoms with Crippen LogP contribution >= 0.6 is 0 Å². The molecule has 12 heavy (non-hydrogen) atoms. The third-order valence-corrected chi connectivity index (χ3v) is 2.25. The van der Waals surface area contributed by atoms with Crippen molar-refractivity contribution in [1.82, 2.24) is 5.32 Å². The fourth-order valence-electron chi connectivity index (χ4n) is 1.56. The summed E-state index contributed by atoms with van der Waals surface area (Å²) >= 11 is 0. The van der Waals surface area contributed by atoms with Crippen LogP contribution in [-0.2, 0) is 0 Å². The van der Waals surface area contributed by atoms with Gasteiger partial charge in [0.25, 0.3) is 0 Å². The normalized spacial score (nSPS) is 24.8. The molecule has 0 aromatic rings. The van der Waals surface area contributed by atoms with Crippen molar-refractivity contribution in [2.24, 2.45) is 0 Å². The van der Waals surface area contributed by atoms with E-state index in [0.717, 1.165) is 12.5 Å². The van der Waals surface area contributed by atoms with Crippen LogP contribution in [0.5, 0.6) is 0 Å². The standard InChI is InChI=1S/C10H18N.Li/c1-2-3-7-10-8-5-4-6-9-11-10;/h2-3,10-11H,1,4-9H2;/q-1;+1. The first-order chi connectivity index (χ1) is 5.43. The van der Waals surface area contributed by atoms with Gasteiger partial charge < -0.3 is 5.32 Å². The van der Waals surface area contributed by atoms with Gasteiger partial charge in [0, 0.05) is 0 Å². The van der Waals surface area contributed by atoms with Gasteiger partial charge in [-0.05, 0) is 25.4 Å². The smallest absolute Gasteiger partial charge is 0.315 e. The maximum absolute atomic E-state index is 3.69. The predicted octanol–water partition coefficient (Wildman–Crippen LogP) is -0.697. The number of allylic oxidation sites excluding steroid dienone is 1. The molecule has 64 valence electrons. The summed E-state index contributed by atoms with van der Waals surface area (Å²) in [5.41, 5.74) is 0. The molecule has 0 aliphatic carbocycles. The molecule has 0 saturated carbocycles. The van der Waals surface area contributed by atoms with Crippen molar-refractivity contribution < 1.29 is 18.9 Å². The Kier molecular flexibility index (Phi) is 7.91. The molecule has 0 radical (unpaired) electrons. The summed E-state index contributed by atoms with van der Waals surface area (Å²) in [5.74, 6) is 0. The average molecular weight is 159 g/mol. The topological polar surface area (TPSA) is 12.0 Å². The minimum absolute atomic E-state index is 0. The van der Waals surface area contributed by atoms with E-state index < -0.39 is 0 Å². The Morgan fingerprint density at radius 2 is 2.17 bits per heavy atom. The Morgan fingerprint density at radius 1 is 1.33 bits per heavy atom. The monoisotopic (exact) mass is 159 g/mol. The molecule has 0 bridgehead atoms. The van der Waals surface area contributed by atoms with Crippen LogP contribution in [0.3, 0.4) is 0 Å². The summed E-state index contributed by atoms with van der Waals surface area (Å²) in [4.78, 5) is 0. The van der Waals surface area contributed by atoms with Gasteiger partial charge in [0.15, 0.2) is 0 Å². The summed E-state index contributed by atoms with van der Waals surface area (Å²) in [6.07, 6.45) is 10.7. The van der Waals surface area contributed by atoms with Crippen molar-refractivity contribution in [2.45, 2.75) is 38.1 Å². The SMILES string of the molecule is [CH2-]C=CCC1CCCCCN1.[Li+]. The first kappa shape index (κ1) is 12.2. The van der Waals surface area contributed by atoms with Crippen molar-refractivity contribution >= 4 is 0 Å². The van der Waals surface area contributed by atoms with Crippen molar-refractivity contribution in [3.8, 4) is 0 Å². The van der Waals surface area contributed by atoms with E-state index >= 15 is 0 Å². The first-order valence-electron chi connectivity index (χ1n) is 4.61. The second kappa shape index (κ2) is 7.80. The van der Waals surface area contributed by atoms with Crippen molar-refractivity contribution in [1.29, 1.82) is 0 Å². The van der Waals surface area contributed by atoms with Crippen molar-refractivity contribution in [2.75, 3.05) is 6.54 Å². The van der Waals surface area contributed by atoms with Gasteiger partial charge in [0.05, 0.1) is 0 Å². The van der Waals surface area contributed by atoms with Gasteiger partial charge in [0.2, 0.25) is 0 Å². The van der Waals surface area contributed by atoms with Gasteiger partial charge in [-0.25, -0.2) is 19.1 Å². The Labute approximate surface area is 88.2 Å². The van der Waals surface area contributed by atoms with Crippen molar-refractivity contribution in [3.63, 3.8) is 0 Å². The summed E-state index contributed by atoms with van der Waals surface area (Å²) in [7, 11) is 0. The molecule has 0 spiro atoms. The third kappa shape index (κ3) is 4.93. The zero-order valence-electron chi connectivity index (χ0n) is 8.18. The quantitative estimate of drug-likeness (QED) is 0.415. The molecule has 1 heterocycles. The Hall–Kier alpha value is 0.167. The predicted molar refractivity (Wildman–Crippen MR) is 49.4 cm³/mol. The fourth-order valence-corrected chi connectivity index (χ4v) is 1.56. The molecule has 1 fully saturated rings. The first-order valence-corrected chi connectivity index (χ1v) is 4.61. The van der Waals surface area contributed by atoms with Crippen LogP contribution in [0.25, 0.3) is 0 Å². The minimum atomic E-state index is 0. The molecule has 1 atom stereocenters. The maximum Gasteiger partial charge on any atom is 1.00 e. The largest absolute Gasteiger partial charge is 1.00 e. The molecule has 1 nitrogen and oxygen atoms in total. The van der Waals surface area contributed by atoms with Gasteiger partial charge in [-0.2, -0.15) is 0 Å². The van der Waals surface area contributed by atoms with E-state index in [9.17, 15) is 0 Å². The molecule has 2 heteroatoms. The third-order valence-electron chi connectivity index (χ3n) is 2.25. The van der Waals surface area contributed by atoms with Crippen LogP contribution < -0.4 is 24.2 Å².